The zero-order chi connectivity index (χ0) is 18.6. The number of carbonyl (C=O) groups is 1. The Kier molecular flexibility index (Phi) is 5.25. The Labute approximate surface area is 162 Å². The highest BCUT2D eigenvalue weighted by Crippen LogP contribution is 2.40. The predicted molar refractivity (Wildman–Crippen MR) is 106 cm³/mol. The largest absolute Gasteiger partial charge is 0.493 e. The van der Waals surface area contributed by atoms with E-state index in [1.165, 1.54) is 10.5 Å². The van der Waals surface area contributed by atoms with Crippen molar-refractivity contribution in [1.29, 1.82) is 0 Å². The van der Waals surface area contributed by atoms with E-state index in [0.29, 0.717) is 30.5 Å². The lowest BCUT2D eigenvalue weighted by molar-refractivity contribution is -0.117. The summed E-state index contributed by atoms with van der Waals surface area (Å²) in [6.45, 7) is 1.00. The molecule has 0 saturated carbocycles. The molecular formula is C21H21NO4S. The molecule has 2 aliphatic heterocycles. The quantitative estimate of drug-likeness (QED) is 0.813. The topological polar surface area (TPSA) is 56.8 Å². The van der Waals surface area contributed by atoms with Gasteiger partial charge in [0.05, 0.1) is 13.2 Å². The third-order valence-corrected chi connectivity index (χ3v) is 5.68. The van der Waals surface area contributed by atoms with Gasteiger partial charge in [0.1, 0.15) is 13.2 Å². The van der Waals surface area contributed by atoms with Crippen LogP contribution in [0.25, 0.3) is 6.08 Å². The second-order valence-corrected chi connectivity index (χ2v) is 7.45. The highest BCUT2D eigenvalue weighted by molar-refractivity contribution is 7.99. The van der Waals surface area contributed by atoms with Gasteiger partial charge in [0.2, 0.25) is 11.7 Å². The zero-order valence-electron chi connectivity index (χ0n) is 15.1. The summed E-state index contributed by atoms with van der Waals surface area (Å²) >= 11 is 1.84. The van der Waals surface area contributed by atoms with Crippen LogP contribution in [0.15, 0.2) is 47.4 Å². The Morgan fingerprint density at radius 2 is 2.11 bits per heavy atom. The molecule has 2 heterocycles. The number of thioether (sulfide) groups is 1. The molecule has 0 radical (unpaired) electrons. The van der Waals surface area contributed by atoms with E-state index in [9.17, 15) is 4.79 Å². The number of methoxy groups -OCH3 is 1. The van der Waals surface area contributed by atoms with Crippen molar-refractivity contribution in [3.8, 4) is 17.2 Å². The fraction of sp³-hybridized carbons (Fsp3) is 0.286. The highest BCUT2D eigenvalue weighted by Gasteiger charge is 2.21. The number of hydrogen-bond donors (Lipinski definition) is 1. The fourth-order valence-corrected chi connectivity index (χ4v) is 4.40. The van der Waals surface area contributed by atoms with Gasteiger partial charge in [0.15, 0.2) is 11.5 Å². The van der Waals surface area contributed by atoms with Gasteiger partial charge >= 0.3 is 0 Å². The van der Waals surface area contributed by atoms with Crippen molar-refractivity contribution in [2.24, 2.45) is 0 Å². The first kappa shape index (κ1) is 17.8. The van der Waals surface area contributed by atoms with Crippen molar-refractivity contribution in [2.45, 2.75) is 17.4 Å². The van der Waals surface area contributed by atoms with Crippen LogP contribution in [0.2, 0.25) is 0 Å². The van der Waals surface area contributed by atoms with Crippen LogP contribution in [0.1, 0.15) is 23.6 Å². The molecule has 1 amide bonds. The van der Waals surface area contributed by atoms with E-state index in [0.717, 1.165) is 17.7 Å². The Morgan fingerprint density at radius 1 is 1.26 bits per heavy atom. The fourth-order valence-electron chi connectivity index (χ4n) is 3.27. The van der Waals surface area contributed by atoms with E-state index in [4.69, 9.17) is 14.2 Å². The minimum atomic E-state index is -0.115. The van der Waals surface area contributed by atoms with Crippen LogP contribution in [0, 0.1) is 0 Å². The van der Waals surface area contributed by atoms with Gasteiger partial charge in [-0.2, -0.15) is 0 Å². The van der Waals surface area contributed by atoms with Crippen LogP contribution >= 0.6 is 11.8 Å². The lowest BCUT2D eigenvalue weighted by Crippen LogP contribution is -2.29. The number of hydrogen-bond acceptors (Lipinski definition) is 5. The molecule has 27 heavy (non-hydrogen) atoms. The number of rotatable bonds is 4. The molecule has 6 heteroatoms. The molecule has 4 rings (SSSR count). The summed E-state index contributed by atoms with van der Waals surface area (Å²) in [5.74, 6) is 2.74. The molecule has 2 aromatic carbocycles. The van der Waals surface area contributed by atoms with Crippen LogP contribution in [0.5, 0.6) is 17.2 Å². The van der Waals surface area contributed by atoms with Crippen molar-refractivity contribution in [2.75, 3.05) is 26.1 Å². The van der Waals surface area contributed by atoms with Crippen molar-refractivity contribution in [3.63, 3.8) is 0 Å². The minimum Gasteiger partial charge on any atom is -0.493 e. The molecule has 5 nitrogen and oxygen atoms in total. The number of benzene rings is 2. The summed E-state index contributed by atoms with van der Waals surface area (Å²) in [7, 11) is 1.59. The lowest BCUT2D eigenvalue weighted by atomic mass is 10.0. The molecule has 2 aliphatic rings. The van der Waals surface area contributed by atoms with Gasteiger partial charge in [0.25, 0.3) is 0 Å². The maximum absolute atomic E-state index is 12.4. The van der Waals surface area contributed by atoms with E-state index in [1.807, 2.05) is 36.0 Å². The zero-order valence-corrected chi connectivity index (χ0v) is 15.9. The molecule has 0 aliphatic carbocycles. The number of nitrogens with one attached hydrogen (secondary N) is 1. The third-order valence-electron chi connectivity index (χ3n) is 4.55. The van der Waals surface area contributed by atoms with Crippen LogP contribution in [0.3, 0.4) is 0 Å². The molecule has 0 saturated heterocycles. The van der Waals surface area contributed by atoms with Crippen LogP contribution < -0.4 is 19.5 Å². The Hall–Kier alpha value is -2.60. The molecule has 2 aromatic rings. The summed E-state index contributed by atoms with van der Waals surface area (Å²) in [6, 6.07) is 12.0. The van der Waals surface area contributed by atoms with Gasteiger partial charge in [-0.1, -0.05) is 18.2 Å². The van der Waals surface area contributed by atoms with Gasteiger partial charge in [0, 0.05) is 16.7 Å². The lowest BCUT2D eigenvalue weighted by Gasteiger charge is -2.25. The summed E-state index contributed by atoms with van der Waals surface area (Å²) in [4.78, 5) is 13.7. The van der Waals surface area contributed by atoms with E-state index >= 15 is 0 Å². The molecule has 0 aromatic heterocycles. The number of ether oxygens (including phenoxy) is 3. The van der Waals surface area contributed by atoms with Gasteiger partial charge in [-0.3, -0.25) is 4.79 Å². The molecule has 0 spiro atoms. The van der Waals surface area contributed by atoms with Gasteiger partial charge in [-0.15, -0.1) is 11.8 Å². The molecule has 1 unspecified atom stereocenters. The van der Waals surface area contributed by atoms with Crippen LogP contribution in [0.4, 0.5) is 0 Å². The Balaban J connectivity index is 1.48. The van der Waals surface area contributed by atoms with Crippen LogP contribution in [-0.4, -0.2) is 32.0 Å². The average Bonchev–Trinajstić information content (AvgIpc) is 2.72. The van der Waals surface area contributed by atoms with E-state index in [1.54, 1.807) is 19.3 Å². The Bertz CT molecular complexity index is 863. The molecule has 1 atom stereocenters. The van der Waals surface area contributed by atoms with Gasteiger partial charge < -0.3 is 19.5 Å². The predicted octanol–water partition coefficient (Wildman–Crippen LogP) is 3.83. The maximum atomic E-state index is 12.4. The van der Waals surface area contributed by atoms with Crippen LogP contribution in [-0.2, 0) is 4.79 Å². The average molecular weight is 383 g/mol. The summed E-state index contributed by atoms with van der Waals surface area (Å²) in [6.07, 6.45) is 4.24. The van der Waals surface area contributed by atoms with E-state index in [2.05, 4.69) is 17.4 Å². The molecule has 0 bridgehead atoms. The Morgan fingerprint density at radius 3 is 3.00 bits per heavy atom. The van der Waals surface area contributed by atoms with E-state index in [-0.39, 0.29) is 11.9 Å². The second kappa shape index (κ2) is 7.96. The van der Waals surface area contributed by atoms with Gasteiger partial charge in [-0.05, 0) is 41.8 Å². The molecule has 140 valence electrons. The van der Waals surface area contributed by atoms with Crippen molar-refractivity contribution >= 4 is 23.7 Å². The summed E-state index contributed by atoms with van der Waals surface area (Å²) < 4.78 is 16.6. The van der Waals surface area contributed by atoms with E-state index < -0.39 is 0 Å². The monoisotopic (exact) mass is 383 g/mol. The third kappa shape index (κ3) is 3.90. The first-order chi connectivity index (χ1) is 13.2. The first-order valence-electron chi connectivity index (χ1n) is 8.92. The minimum absolute atomic E-state index is 0.0504. The summed E-state index contributed by atoms with van der Waals surface area (Å²) in [5, 5.41) is 3.11. The molecular weight excluding hydrogens is 362 g/mol. The van der Waals surface area contributed by atoms with Gasteiger partial charge in [-0.25, -0.2) is 0 Å². The standard InChI is InChI=1S/C21H21NO4S/c1-24-17-12-14(13-18-21(17)26-10-9-25-18)6-7-20(23)22-16-8-11-27-19-5-3-2-4-15(16)19/h2-7,12-13,16H,8-11H2,1H3,(H,22,23)/b7-6+. The number of amides is 1. The maximum Gasteiger partial charge on any atom is 0.244 e. The SMILES string of the molecule is COc1cc(/C=C/C(=O)NC2CCSc3ccccc32)cc2c1OCCO2. The van der Waals surface area contributed by atoms with Crippen molar-refractivity contribution < 1.29 is 19.0 Å². The first-order valence-corrected chi connectivity index (χ1v) is 9.91. The van der Waals surface area contributed by atoms with Crippen molar-refractivity contribution in [3.05, 3.63) is 53.6 Å². The molecule has 0 fully saturated rings. The second-order valence-electron chi connectivity index (χ2n) is 6.32. The molecule has 1 N–H and O–H groups in total. The summed E-state index contributed by atoms with van der Waals surface area (Å²) in [5.41, 5.74) is 2.02. The smallest absolute Gasteiger partial charge is 0.244 e. The normalized spacial score (nSPS) is 18.0. The van der Waals surface area contributed by atoms with Crippen molar-refractivity contribution in [1.82, 2.24) is 5.32 Å². The highest BCUT2D eigenvalue weighted by atomic mass is 32.2. The number of carbonyl (C=O) groups excluding carboxylic acids is 1. The number of fused-ring (bicyclic) bond motifs is 2.